The van der Waals surface area contributed by atoms with E-state index in [9.17, 15) is 14.9 Å². The average Bonchev–Trinajstić information content (AvgIpc) is 2.34. The topological polar surface area (TPSA) is 60.2 Å². The van der Waals surface area contributed by atoms with Crippen molar-refractivity contribution in [3.63, 3.8) is 0 Å². The number of non-ortho nitro benzene ring substituents is 1. The number of unbranched alkanes of at least 4 members (excludes halogenated alkanes) is 2. The Morgan fingerprint density at radius 2 is 2.00 bits per heavy atom. The zero-order valence-corrected chi connectivity index (χ0v) is 9.76. The van der Waals surface area contributed by atoms with E-state index < -0.39 is 4.92 Å². The third-order valence-corrected chi connectivity index (χ3v) is 2.36. The number of nitro benzene ring substituents is 1. The first-order valence-electron chi connectivity index (χ1n) is 5.60. The van der Waals surface area contributed by atoms with E-state index in [0.29, 0.717) is 5.56 Å². The molecule has 0 unspecified atom stereocenters. The Labute approximate surface area is 100 Å². The number of nitro groups is 1. The molecule has 1 aromatic carbocycles. The Kier molecular flexibility index (Phi) is 5.07. The Bertz CT molecular complexity index is 421. The van der Waals surface area contributed by atoms with Crippen molar-refractivity contribution in [2.24, 2.45) is 0 Å². The molecule has 0 radical (unpaired) electrons. The molecule has 4 heteroatoms. The van der Waals surface area contributed by atoms with Gasteiger partial charge >= 0.3 is 0 Å². The van der Waals surface area contributed by atoms with Crippen LogP contribution in [0.5, 0.6) is 0 Å². The van der Waals surface area contributed by atoms with Crippen molar-refractivity contribution in [3.8, 4) is 0 Å². The Morgan fingerprint density at radius 3 is 2.53 bits per heavy atom. The number of carbonyl (C=O) groups is 1. The van der Waals surface area contributed by atoms with Crippen LogP contribution in [0.2, 0.25) is 0 Å². The number of hydrogen-bond donors (Lipinski definition) is 0. The molecule has 0 saturated carbocycles. The van der Waals surface area contributed by atoms with Gasteiger partial charge in [-0.2, -0.15) is 0 Å². The van der Waals surface area contributed by atoms with E-state index >= 15 is 0 Å². The van der Waals surface area contributed by atoms with E-state index in [1.807, 2.05) is 6.08 Å². The summed E-state index contributed by atoms with van der Waals surface area (Å²) in [7, 11) is 0. The fraction of sp³-hybridized carbons (Fsp3) is 0.308. The molecule has 0 aliphatic carbocycles. The number of nitrogens with zero attached hydrogens (tertiary/aromatic N) is 1. The molecule has 1 rings (SSSR count). The van der Waals surface area contributed by atoms with E-state index in [0.717, 1.165) is 19.3 Å². The molecule has 17 heavy (non-hydrogen) atoms. The van der Waals surface area contributed by atoms with Crippen LogP contribution in [0.25, 0.3) is 0 Å². The first-order valence-corrected chi connectivity index (χ1v) is 5.60. The van der Waals surface area contributed by atoms with Crippen LogP contribution in [0.3, 0.4) is 0 Å². The Balaban J connectivity index is 2.63. The van der Waals surface area contributed by atoms with Crippen molar-refractivity contribution in [3.05, 3.63) is 52.1 Å². The summed E-state index contributed by atoms with van der Waals surface area (Å²) in [6, 6.07) is 5.63. The highest BCUT2D eigenvalue weighted by molar-refractivity contribution is 6.04. The summed E-state index contributed by atoms with van der Waals surface area (Å²) < 4.78 is 0. The lowest BCUT2D eigenvalue weighted by atomic mass is 10.1. The molecule has 0 aromatic heterocycles. The summed E-state index contributed by atoms with van der Waals surface area (Å²) in [5, 5.41) is 10.4. The summed E-state index contributed by atoms with van der Waals surface area (Å²) in [6.45, 7) is 2.09. The van der Waals surface area contributed by atoms with Crippen LogP contribution in [-0.2, 0) is 0 Å². The molecule has 1 aromatic rings. The number of ketones is 1. The third-order valence-electron chi connectivity index (χ3n) is 2.36. The van der Waals surface area contributed by atoms with Gasteiger partial charge in [0.15, 0.2) is 5.78 Å². The predicted molar refractivity (Wildman–Crippen MR) is 66.1 cm³/mol. The maximum absolute atomic E-state index is 11.6. The summed E-state index contributed by atoms with van der Waals surface area (Å²) >= 11 is 0. The second kappa shape index (κ2) is 6.58. The maximum atomic E-state index is 11.6. The monoisotopic (exact) mass is 233 g/mol. The van der Waals surface area contributed by atoms with Crippen molar-refractivity contribution < 1.29 is 9.72 Å². The van der Waals surface area contributed by atoms with Crippen LogP contribution in [0.15, 0.2) is 36.4 Å². The number of rotatable bonds is 6. The van der Waals surface area contributed by atoms with Crippen LogP contribution >= 0.6 is 0 Å². The minimum absolute atomic E-state index is 0.00323. The fourth-order valence-corrected chi connectivity index (χ4v) is 1.36. The molecule has 0 bridgehead atoms. The minimum Gasteiger partial charge on any atom is -0.289 e. The number of allylic oxidation sites excluding steroid dienone is 2. The van der Waals surface area contributed by atoms with Gasteiger partial charge in [-0.1, -0.05) is 25.8 Å². The standard InChI is InChI=1S/C13H15NO3/c1-2-3-4-5-6-13(15)11-7-9-12(10-8-11)14(16)17/h5-10H,2-4H2,1H3. The van der Waals surface area contributed by atoms with Crippen molar-refractivity contribution in [2.75, 3.05) is 0 Å². The van der Waals surface area contributed by atoms with E-state index in [1.54, 1.807) is 0 Å². The second-order valence-corrected chi connectivity index (χ2v) is 3.71. The van der Waals surface area contributed by atoms with Gasteiger partial charge in [0.2, 0.25) is 0 Å². The molecule has 0 saturated heterocycles. The molecule has 0 aliphatic rings. The van der Waals surface area contributed by atoms with Crippen molar-refractivity contribution in [2.45, 2.75) is 26.2 Å². The molecule has 0 N–H and O–H groups in total. The second-order valence-electron chi connectivity index (χ2n) is 3.71. The number of benzene rings is 1. The summed E-state index contributed by atoms with van der Waals surface area (Å²) in [4.78, 5) is 21.6. The quantitative estimate of drug-likeness (QED) is 0.248. The molecule has 0 amide bonds. The van der Waals surface area contributed by atoms with Gasteiger partial charge in [0, 0.05) is 17.7 Å². The zero-order valence-electron chi connectivity index (χ0n) is 9.76. The average molecular weight is 233 g/mol. The molecule has 4 nitrogen and oxygen atoms in total. The van der Waals surface area contributed by atoms with Crippen LogP contribution in [-0.4, -0.2) is 10.7 Å². The highest BCUT2D eigenvalue weighted by Crippen LogP contribution is 2.12. The van der Waals surface area contributed by atoms with Gasteiger partial charge in [-0.25, -0.2) is 0 Å². The Morgan fingerprint density at radius 1 is 1.35 bits per heavy atom. The van der Waals surface area contributed by atoms with Crippen molar-refractivity contribution in [1.29, 1.82) is 0 Å². The number of carbonyl (C=O) groups excluding carboxylic acids is 1. The van der Waals surface area contributed by atoms with Gasteiger partial charge < -0.3 is 0 Å². The van der Waals surface area contributed by atoms with E-state index in [1.165, 1.54) is 30.3 Å². The minimum atomic E-state index is -0.481. The molecular formula is C13H15NO3. The van der Waals surface area contributed by atoms with Gasteiger partial charge in [-0.15, -0.1) is 0 Å². The molecular weight excluding hydrogens is 218 g/mol. The number of hydrogen-bond acceptors (Lipinski definition) is 3. The van der Waals surface area contributed by atoms with Crippen molar-refractivity contribution in [1.82, 2.24) is 0 Å². The predicted octanol–water partition coefficient (Wildman–Crippen LogP) is 3.52. The molecule has 90 valence electrons. The molecule has 0 atom stereocenters. The molecule has 0 aliphatic heterocycles. The summed E-state index contributed by atoms with van der Waals surface area (Å²) in [6.07, 6.45) is 6.40. The van der Waals surface area contributed by atoms with Gasteiger partial charge in [-0.05, 0) is 24.6 Å². The third kappa shape index (κ3) is 4.18. The summed E-state index contributed by atoms with van der Waals surface area (Å²) in [5.74, 6) is -0.115. The van der Waals surface area contributed by atoms with Crippen LogP contribution in [0, 0.1) is 10.1 Å². The molecule has 0 heterocycles. The lowest BCUT2D eigenvalue weighted by Gasteiger charge is -1.95. The smallest absolute Gasteiger partial charge is 0.269 e. The summed E-state index contributed by atoms with van der Waals surface area (Å²) in [5.41, 5.74) is 0.472. The van der Waals surface area contributed by atoms with E-state index in [-0.39, 0.29) is 11.5 Å². The Hall–Kier alpha value is -1.97. The lowest BCUT2D eigenvalue weighted by molar-refractivity contribution is -0.384. The van der Waals surface area contributed by atoms with Gasteiger partial charge in [0.1, 0.15) is 0 Å². The van der Waals surface area contributed by atoms with Gasteiger partial charge in [0.25, 0.3) is 5.69 Å². The molecule has 0 fully saturated rings. The fourth-order valence-electron chi connectivity index (χ4n) is 1.36. The van der Waals surface area contributed by atoms with Crippen LogP contribution < -0.4 is 0 Å². The van der Waals surface area contributed by atoms with E-state index in [2.05, 4.69) is 6.92 Å². The molecule has 0 spiro atoms. The maximum Gasteiger partial charge on any atom is 0.269 e. The van der Waals surface area contributed by atoms with Gasteiger partial charge in [-0.3, -0.25) is 14.9 Å². The van der Waals surface area contributed by atoms with Crippen LogP contribution in [0.4, 0.5) is 5.69 Å². The SMILES string of the molecule is CCCCC=CC(=O)c1ccc([N+](=O)[O-])cc1. The van der Waals surface area contributed by atoms with Crippen LogP contribution in [0.1, 0.15) is 36.5 Å². The lowest BCUT2D eigenvalue weighted by Crippen LogP contribution is -1.95. The zero-order chi connectivity index (χ0) is 12.7. The largest absolute Gasteiger partial charge is 0.289 e. The first kappa shape index (κ1) is 13.1. The van der Waals surface area contributed by atoms with E-state index in [4.69, 9.17) is 0 Å². The van der Waals surface area contributed by atoms with Gasteiger partial charge in [0.05, 0.1) is 4.92 Å². The first-order chi connectivity index (χ1) is 8.15. The highest BCUT2D eigenvalue weighted by Gasteiger charge is 2.06. The van der Waals surface area contributed by atoms with Crippen molar-refractivity contribution >= 4 is 11.5 Å². The normalized spacial score (nSPS) is 10.6. The highest BCUT2D eigenvalue weighted by atomic mass is 16.6.